The molecule has 0 aliphatic carbocycles. The van der Waals surface area contributed by atoms with E-state index in [1.165, 1.54) is 5.56 Å². The molecule has 0 aliphatic heterocycles. The van der Waals surface area contributed by atoms with E-state index in [0.717, 1.165) is 35.1 Å². The minimum Gasteiger partial charge on any atom is -0.481 e. The lowest BCUT2D eigenvalue weighted by Gasteiger charge is -2.37. The molecule has 5 heteroatoms. The van der Waals surface area contributed by atoms with Gasteiger partial charge >= 0.3 is 5.97 Å². The van der Waals surface area contributed by atoms with E-state index in [0.29, 0.717) is 25.8 Å². The number of hydrogen-bond donors (Lipinski definition) is 3. The molecule has 0 unspecified atom stereocenters. The Morgan fingerprint density at radius 3 is 1.79 bits per heavy atom. The molecule has 0 saturated heterocycles. The van der Waals surface area contributed by atoms with Crippen LogP contribution in [0.2, 0.25) is 0 Å². The number of ketones is 1. The zero-order valence-corrected chi connectivity index (χ0v) is 24.4. The summed E-state index contributed by atoms with van der Waals surface area (Å²) in [6.07, 6.45) is 3.22. The smallest absolute Gasteiger partial charge is 0.306 e. The van der Waals surface area contributed by atoms with Crippen LogP contribution < -0.4 is 11.1 Å². The molecule has 2 atom stereocenters. The fraction of sp³-hybridized carbons (Fsp3) is 0.297. The Bertz CT molecular complexity index is 1350. The molecule has 0 aliphatic rings. The third-order valence-corrected chi connectivity index (χ3v) is 8.09. The number of aliphatic carboxylic acids is 1. The van der Waals surface area contributed by atoms with E-state index in [2.05, 4.69) is 85.0 Å². The molecule has 4 aromatic carbocycles. The largest absolute Gasteiger partial charge is 0.481 e. The van der Waals surface area contributed by atoms with Crippen molar-refractivity contribution in [2.24, 2.45) is 11.7 Å². The molecule has 218 valence electrons. The maximum atomic E-state index is 12.8. The van der Waals surface area contributed by atoms with Crippen molar-refractivity contribution < 1.29 is 14.7 Å². The minimum atomic E-state index is -0.942. The summed E-state index contributed by atoms with van der Waals surface area (Å²) in [6, 6.07) is 38.6. The molecule has 0 aromatic heterocycles. The highest BCUT2D eigenvalue weighted by molar-refractivity contribution is 5.87. The van der Waals surface area contributed by atoms with E-state index < -0.39 is 23.5 Å². The average molecular weight is 563 g/mol. The molecular formula is C37H42N2O3. The van der Waals surface area contributed by atoms with Crippen molar-refractivity contribution in [1.82, 2.24) is 5.32 Å². The maximum Gasteiger partial charge on any atom is 0.306 e. The second-order valence-corrected chi connectivity index (χ2v) is 11.0. The standard InChI is InChI=1S/C37H42N2O3/c1-2-28-21-23-33(24-22-28)37(31-17-8-4-9-18-31,32-19-10-5-11-20-32)39-25-13-12-16-30(36(41)42)27-35(40)34(38)26-29-14-6-3-7-15-29/h3-11,14-15,17-24,30,34,39H,2,12-13,16,25-27,38H2,1H3,(H,41,42)/t30-,34+/m1/s1. The van der Waals surface area contributed by atoms with Gasteiger partial charge < -0.3 is 10.8 Å². The van der Waals surface area contributed by atoms with Crippen molar-refractivity contribution in [3.63, 3.8) is 0 Å². The Labute approximate surface area is 249 Å². The van der Waals surface area contributed by atoms with Crippen molar-refractivity contribution in [2.45, 2.75) is 57.0 Å². The molecule has 42 heavy (non-hydrogen) atoms. The summed E-state index contributed by atoms with van der Waals surface area (Å²) < 4.78 is 0. The van der Waals surface area contributed by atoms with E-state index in [1.54, 1.807) is 0 Å². The van der Waals surface area contributed by atoms with Gasteiger partial charge in [-0.3, -0.25) is 14.9 Å². The molecule has 0 fully saturated rings. The lowest BCUT2D eigenvalue weighted by Crippen LogP contribution is -2.45. The number of benzene rings is 4. The first kappa shape index (κ1) is 30.9. The highest BCUT2D eigenvalue weighted by Crippen LogP contribution is 2.37. The van der Waals surface area contributed by atoms with Crippen molar-refractivity contribution in [2.75, 3.05) is 6.54 Å². The van der Waals surface area contributed by atoms with Crippen LogP contribution in [-0.4, -0.2) is 29.4 Å². The zero-order valence-electron chi connectivity index (χ0n) is 24.4. The van der Waals surface area contributed by atoms with Crippen LogP contribution in [0.1, 0.15) is 60.4 Å². The topological polar surface area (TPSA) is 92.4 Å². The number of aryl methyl sites for hydroxylation is 1. The second kappa shape index (κ2) is 15.2. The van der Waals surface area contributed by atoms with Gasteiger partial charge in [-0.2, -0.15) is 0 Å². The number of nitrogens with one attached hydrogen (secondary N) is 1. The third kappa shape index (κ3) is 7.81. The van der Waals surface area contributed by atoms with Gasteiger partial charge in [-0.15, -0.1) is 0 Å². The Morgan fingerprint density at radius 2 is 1.26 bits per heavy atom. The number of carboxylic acid groups (broad SMARTS) is 1. The molecule has 0 radical (unpaired) electrons. The minimum absolute atomic E-state index is 0.0431. The highest BCUT2D eigenvalue weighted by atomic mass is 16.4. The summed E-state index contributed by atoms with van der Waals surface area (Å²) in [5, 5.41) is 13.7. The number of carbonyl (C=O) groups excluding carboxylic acids is 1. The normalized spacial score (nSPS) is 12.9. The van der Waals surface area contributed by atoms with Gasteiger partial charge in [0, 0.05) is 6.42 Å². The number of rotatable bonds is 16. The number of Topliss-reactive ketones (excluding diaryl/α,β-unsaturated/α-hetero) is 1. The number of hydrogen-bond acceptors (Lipinski definition) is 4. The van der Waals surface area contributed by atoms with Gasteiger partial charge in [-0.05, 0) is 60.0 Å². The van der Waals surface area contributed by atoms with Crippen LogP contribution in [0.3, 0.4) is 0 Å². The van der Waals surface area contributed by atoms with Crippen LogP contribution in [0.15, 0.2) is 115 Å². The van der Waals surface area contributed by atoms with Gasteiger partial charge in [0.05, 0.1) is 17.5 Å². The Kier molecular flexibility index (Phi) is 11.2. The molecule has 5 nitrogen and oxygen atoms in total. The summed E-state index contributed by atoms with van der Waals surface area (Å²) in [5.41, 5.74) is 11.3. The quantitative estimate of drug-likeness (QED) is 0.107. The van der Waals surface area contributed by atoms with Crippen LogP contribution in [0, 0.1) is 5.92 Å². The highest BCUT2D eigenvalue weighted by Gasteiger charge is 2.35. The first-order valence-corrected chi connectivity index (χ1v) is 14.9. The summed E-state index contributed by atoms with van der Waals surface area (Å²) in [6.45, 7) is 2.83. The van der Waals surface area contributed by atoms with Crippen LogP contribution in [0.4, 0.5) is 0 Å². The average Bonchev–Trinajstić information content (AvgIpc) is 3.03. The summed E-state index contributed by atoms with van der Waals surface area (Å²) >= 11 is 0. The van der Waals surface area contributed by atoms with E-state index in [4.69, 9.17) is 5.73 Å². The first-order chi connectivity index (χ1) is 20.4. The van der Waals surface area contributed by atoms with Gasteiger partial charge in [0.25, 0.3) is 0 Å². The van der Waals surface area contributed by atoms with Crippen molar-refractivity contribution in [3.05, 3.63) is 143 Å². The van der Waals surface area contributed by atoms with Crippen LogP contribution >= 0.6 is 0 Å². The third-order valence-electron chi connectivity index (χ3n) is 8.09. The van der Waals surface area contributed by atoms with E-state index >= 15 is 0 Å². The lowest BCUT2D eigenvalue weighted by molar-refractivity contribution is -0.144. The van der Waals surface area contributed by atoms with Gasteiger partial charge in [-0.25, -0.2) is 0 Å². The van der Waals surface area contributed by atoms with E-state index in [-0.39, 0.29) is 12.2 Å². The molecule has 0 heterocycles. The molecule has 4 rings (SSSR count). The summed E-state index contributed by atoms with van der Waals surface area (Å²) in [7, 11) is 0. The molecule has 0 bridgehead atoms. The van der Waals surface area contributed by atoms with Crippen LogP contribution in [-0.2, 0) is 28.0 Å². The number of carboxylic acids is 1. The predicted octanol–water partition coefficient (Wildman–Crippen LogP) is 6.53. The predicted molar refractivity (Wildman–Crippen MR) is 169 cm³/mol. The number of unbranched alkanes of at least 4 members (excludes halogenated alkanes) is 1. The Morgan fingerprint density at radius 1 is 0.738 bits per heavy atom. The Balaban J connectivity index is 1.45. The molecule has 0 amide bonds. The Hall–Kier alpha value is -4.06. The van der Waals surface area contributed by atoms with Gasteiger partial charge in [-0.1, -0.05) is 129 Å². The van der Waals surface area contributed by atoms with Gasteiger partial charge in [0.15, 0.2) is 5.78 Å². The lowest BCUT2D eigenvalue weighted by atomic mass is 9.76. The van der Waals surface area contributed by atoms with Crippen molar-refractivity contribution >= 4 is 11.8 Å². The van der Waals surface area contributed by atoms with Crippen LogP contribution in [0.5, 0.6) is 0 Å². The van der Waals surface area contributed by atoms with Gasteiger partial charge in [0.1, 0.15) is 0 Å². The monoisotopic (exact) mass is 562 g/mol. The molecule has 4 aromatic rings. The number of carbonyl (C=O) groups is 2. The maximum absolute atomic E-state index is 12.8. The fourth-order valence-electron chi connectivity index (χ4n) is 5.65. The number of nitrogens with two attached hydrogens (primary N) is 1. The van der Waals surface area contributed by atoms with E-state index in [9.17, 15) is 14.7 Å². The summed E-state index contributed by atoms with van der Waals surface area (Å²) in [5.74, 6) is -1.89. The molecule has 4 N–H and O–H groups in total. The second-order valence-electron chi connectivity index (χ2n) is 11.0. The van der Waals surface area contributed by atoms with Crippen molar-refractivity contribution in [3.8, 4) is 0 Å². The molecule has 0 spiro atoms. The van der Waals surface area contributed by atoms with Crippen molar-refractivity contribution in [1.29, 1.82) is 0 Å². The first-order valence-electron chi connectivity index (χ1n) is 14.9. The fourth-order valence-corrected chi connectivity index (χ4v) is 5.65. The zero-order chi connectivity index (χ0) is 29.8. The van der Waals surface area contributed by atoms with Gasteiger partial charge in [0.2, 0.25) is 0 Å². The SMILES string of the molecule is CCc1ccc(C(NCCCC[C@H](CC(=O)[C@@H](N)Cc2ccccc2)C(=O)O)(c2ccccc2)c2ccccc2)cc1. The van der Waals surface area contributed by atoms with Crippen LogP contribution in [0.25, 0.3) is 0 Å². The summed E-state index contributed by atoms with van der Waals surface area (Å²) in [4.78, 5) is 24.8. The molecular weight excluding hydrogens is 520 g/mol. The van der Waals surface area contributed by atoms with E-state index in [1.807, 2.05) is 42.5 Å². The molecule has 0 saturated carbocycles.